The molecule has 0 aliphatic rings. The number of halogens is 1. The van der Waals surface area contributed by atoms with Gasteiger partial charge >= 0.3 is 0 Å². The highest BCUT2D eigenvalue weighted by molar-refractivity contribution is 8.01. The number of hydrogen-bond donors (Lipinski definition) is 1. The van der Waals surface area contributed by atoms with Gasteiger partial charge in [0, 0.05) is 12.8 Å². The van der Waals surface area contributed by atoms with Crippen molar-refractivity contribution in [1.82, 2.24) is 10.2 Å². The summed E-state index contributed by atoms with van der Waals surface area (Å²) >= 11 is 3.02. The van der Waals surface area contributed by atoms with E-state index in [1.807, 2.05) is 0 Å². The maximum atomic E-state index is 13.2. The number of aromatic nitrogens is 2. The Bertz CT molecular complexity index is 507. The summed E-state index contributed by atoms with van der Waals surface area (Å²) in [6.07, 6.45) is 0. The summed E-state index contributed by atoms with van der Waals surface area (Å²) < 4.78 is 19.4. The molecule has 1 aromatic carbocycles. The molecular formula is C11H12FN3OS2. The first kappa shape index (κ1) is 13.1. The molecule has 0 amide bonds. The van der Waals surface area contributed by atoms with Crippen LogP contribution in [0.25, 0.3) is 0 Å². The van der Waals surface area contributed by atoms with E-state index in [1.165, 1.54) is 29.2 Å². The lowest BCUT2D eigenvalue weighted by molar-refractivity contribution is 0.325. The number of thioether (sulfide) groups is 1. The van der Waals surface area contributed by atoms with Crippen molar-refractivity contribution < 1.29 is 9.13 Å². The maximum absolute atomic E-state index is 13.2. The van der Waals surface area contributed by atoms with Crippen LogP contribution in [0.3, 0.4) is 0 Å². The number of ether oxygens (including phenoxy) is 1. The van der Waals surface area contributed by atoms with E-state index in [2.05, 4.69) is 15.5 Å². The molecule has 0 saturated heterocycles. The summed E-state index contributed by atoms with van der Waals surface area (Å²) in [5, 5.41) is 11.6. The molecule has 96 valence electrons. The molecule has 0 aliphatic heterocycles. The molecule has 0 unspecified atom stereocenters. The van der Waals surface area contributed by atoms with Gasteiger partial charge in [0.2, 0.25) is 5.13 Å². The van der Waals surface area contributed by atoms with Gasteiger partial charge in [0.25, 0.3) is 0 Å². The molecule has 18 heavy (non-hydrogen) atoms. The highest BCUT2D eigenvalue weighted by Crippen LogP contribution is 2.25. The second-order valence-corrected chi connectivity index (χ2v) is 5.57. The average Bonchev–Trinajstić information content (AvgIpc) is 2.84. The van der Waals surface area contributed by atoms with Crippen molar-refractivity contribution in [3.63, 3.8) is 0 Å². The molecule has 2 aromatic rings. The van der Waals surface area contributed by atoms with Crippen molar-refractivity contribution in [1.29, 1.82) is 0 Å². The Balaban J connectivity index is 1.74. The van der Waals surface area contributed by atoms with Crippen LogP contribution in [-0.2, 0) is 0 Å². The first-order valence-corrected chi connectivity index (χ1v) is 7.11. The smallest absolute Gasteiger partial charge is 0.206 e. The first-order valence-electron chi connectivity index (χ1n) is 5.31. The second kappa shape index (κ2) is 6.55. The fourth-order valence-electron chi connectivity index (χ4n) is 1.21. The van der Waals surface area contributed by atoms with Gasteiger partial charge in [-0.25, -0.2) is 4.39 Å². The Labute approximate surface area is 113 Å². The number of nitrogens with zero attached hydrogens (tertiary/aromatic N) is 2. The third-order valence-corrected chi connectivity index (χ3v) is 4.06. The van der Waals surface area contributed by atoms with Crippen LogP contribution in [0.2, 0.25) is 0 Å². The molecule has 0 spiro atoms. The summed E-state index contributed by atoms with van der Waals surface area (Å²) in [4.78, 5) is 0. The van der Waals surface area contributed by atoms with Crippen molar-refractivity contribution in [2.75, 3.05) is 24.7 Å². The standard InChI is InChI=1S/C11H12FN3OS2/c1-13-10-14-15-11(18-10)17-7-6-16-9-5-3-2-4-8(9)12/h2-5H,6-7H2,1H3,(H,13,14). The normalized spacial score (nSPS) is 10.3. The van der Waals surface area contributed by atoms with E-state index in [0.717, 1.165) is 9.47 Å². The first-order chi connectivity index (χ1) is 8.79. The van der Waals surface area contributed by atoms with Gasteiger partial charge in [0.05, 0.1) is 6.61 Å². The zero-order valence-corrected chi connectivity index (χ0v) is 11.4. The van der Waals surface area contributed by atoms with Crippen molar-refractivity contribution >= 4 is 28.2 Å². The lowest BCUT2D eigenvalue weighted by atomic mass is 10.3. The highest BCUT2D eigenvalue weighted by Gasteiger charge is 2.04. The Morgan fingerprint density at radius 1 is 1.39 bits per heavy atom. The van der Waals surface area contributed by atoms with E-state index in [0.29, 0.717) is 12.4 Å². The van der Waals surface area contributed by atoms with E-state index < -0.39 is 0 Å². The lowest BCUT2D eigenvalue weighted by Gasteiger charge is -2.05. The topological polar surface area (TPSA) is 47.0 Å². The third-order valence-electron chi connectivity index (χ3n) is 2.02. The number of nitrogens with one attached hydrogen (secondary N) is 1. The zero-order chi connectivity index (χ0) is 12.8. The number of benzene rings is 1. The number of rotatable bonds is 6. The summed E-state index contributed by atoms with van der Waals surface area (Å²) in [5.41, 5.74) is 0. The maximum Gasteiger partial charge on any atom is 0.206 e. The molecule has 0 saturated carbocycles. The van der Waals surface area contributed by atoms with Gasteiger partial charge < -0.3 is 10.1 Å². The van der Waals surface area contributed by atoms with Gasteiger partial charge in [-0.1, -0.05) is 35.2 Å². The molecular weight excluding hydrogens is 273 g/mol. The van der Waals surface area contributed by atoms with Gasteiger partial charge in [-0.3, -0.25) is 0 Å². The van der Waals surface area contributed by atoms with E-state index >= 15 is 0 Å². The molecule has 1 N–H and O–H groups in total. The average molecular weight is 285 g/mol. The number of hydrogen-bond acceptors (Lipinski definition) is 6. The Kier molecular flexibility index (Phi) is 4.77. The third kappa shape index (κ3) is 3.58. The van der Waals surface area contributed by atoms with Gasteiger partial charge in [0.1, 0.15) is 0 Å². The van der Waals surface area contributed by atoms with Crippen molar-refractivity contribution in [3.8, 4) is 5.75 Å². The SMILES string of the molecule is CNc1nnc(SCCOc2ccccc2F)s1. The minimum absolute atomic E-state index is 0.284. The molecule has 1 heterocycles. The van der Waals surface area contributed by atoms with Crippen LogP contribution in [0.15, 0.2) is 28.6 Å². The molecule has 0 fully saturated rings. The number of anilines is 1. The van der Waals surface area contributed by atoms with Crippen LogP contribution in [-0.4, -0.2) is 29.6 Å². The zero-order valence-electron chi connectivity index (χ0n) is 9.72. The van der Waals surface area contributed by atoms with Crippen LogP contribution in [0.1, 0.15) is 0 Å². The molecule has 1 aromatic heterocycles. The predicted octanol–water partition coefficient (Wildman–Crippen LogP) is 2.89. The molecule has 0 aliphatic carbocycles. The van der Waals surface area contributed by atoms with Gasteiger partial charge in [-0.15, -0.1) is 10.2 Å². The second-order valence-electron chi connectivity index (χ2n) is 3.25. The van der Waals surface area contributed by atoms with E-state index in [-0.39, 0.29) is 11.6 Å². The van der Waals surface area contributed by atoms with Crippen LogP contribution in [0.5, 0.6) is 5.75 Å². The fraction of sp³-hybridized carbons (Fsp3) is 0.273. The van der Waals surface area contributed by atoms with Crippen molar-refractivity contribution in [2.24, 2.45) is 0 Å². The van der Waals surface area contributed by atoms with Crippen molar-refractivity contribution in [3.05, 3.63) is 30.1 Å². The number of para-hydroxylation sites is 1. The summed E-state index contributed by atoms with van der Waals surface area (Å²) in [6, 6.07) is 6.38. The van der Waals surface area contributed by atoms with Crippen LogP contribution < -0.4 is 10.1 Å². The minimum Gasteiger partial charge on any atom is -0.490 e. The van der Waals surface area contributed by atoms with E-state index in [9.17, 15) is 4.39 Å². The molecule has 0 atom stereocenters. The Morgan fingerprint density at radius 2 is 2.22 bits per heavy atom. The Morgan fingerprint density at radius 3 is 2.94 bits per heavy atom. The molecule has 7 heteroatoms. The van der Waals surface area contributed by atoms with Crippen LogP contribution in [0, 0.1) is 5.82 Å². The lowest BCUT2D eigenvalue weighted by Crippen LogP contribution is -2.01. The molecule has 0 bridgehead atoms. The largest absolute Gasteiger partial charge is 0.490 e. The van der Waals surface area contributed by atoms with E-state index in [4.69, 9.17) is 4.74 Å². The van der Waals surface area contributed by atoms with Crippen LogP contribution in [0.4, 0.5) is 9.52 Å². The monoisotopic (exact) mass is 285 g/mol. The van der Waals surface area contributed by atoms with Gasteiger partial charge in [0.15, 0.2) is 15.9 Å². The van der Waals surface area contributed by atoms with E-state index in [1.54, 1.807) is 25.2 Å². The summed E-state index contributed by atoms with van der Waals surface area (Å²) in [6.45, 7) is 0.431. The van der Waals surface area contributed by atoms with Crippen molar-refractivity contribution in [2.45, 2.75) is 4.34 Å². The predicted molar refractivity (Wildman–Crippen MR) is 72.1 cm³/mol. The van der Waals surface area contributed by atoms with Gasteiger partial charge in [-0.2, -0.15) is 0 Å². The fourth-order valence-corrected chi connectivity index (χ4v) is 2.80. The highest BCUT2D eigenvalue weighted by atomic mass is 32.2. The molecule has 0 radical (unpaired) electrons. The summed E-state index contributed by atoms with van der Waals surface area (Å²) in [7, 11) is 1.80. The molecule has 2 rings (SSSR count). The van der Waals surface area contributed by atoms with Gasteiger partial charge in [-0.05, 0) is 12.1 Å². The quantitative estimate of drug-likeness (QED) is 0.653. The summed E-state index contributed by atoms with van der Waals surface area (Å²) in [5.74, 6) is 0.648. The Hall–Kier alpha value is -1.34. The minimum atomic E-state index is -0.337. The molecule has 4 nitrogen and oxygen atoms in total. The van der Waals surface area contributed by atoms with Crippen LogP contribution >= 0.6 is 23.1 Å².